The molecule has 1 fully saturated rings. The van der Waals surface area contributed by atoms with Crippen molar-refractivity contribution in [1.29, 1.82) is 0 Å². The van der Waals surface area contributed by atoms with E-state index in [1.54, 1.807) is 16.7 Å². The third-order valence-corrected chi connectivity index (χ3v) is 4.37. The molecule has 0 radical (unpaired) electrons. The molecule has 1 aliphatic heterocycles. The van der Waals surface area contributed by atoms with E-state index in [0.29, 0.717) is 13.1 Å². The molecular weight excluding hydrogens is 274 g/mol. The molecule has 1 saturated heterocycles. The van der Waals surface area contributed by atoms with Crippen molar-refractivity contribution in [3.8, 4) is 0 Å². The maximum Gasteiger partial charge on any atom is 0.310 e. The van der Waals surface area contributed by atoms with Gasteiger partial charge in [0.15, 0.2) is 0 Å². The molecule has 108 valence electrons. The van der Waals surface area contributed by atoms with Crippen LogP contribution in [0.15, 0.2) is 30.3 Å². The quantitative estimate of drug-likeness (QED) is 0.594. The Bertz CT molecular complexity index is 463. The molecule has 1 unspecified atom stereocenters. The molecule has 1 heterocycles. The number of hydrogen-bond donors (Lipinski definition) is 0. The van der Waals surface area contributed by atoms with E-state index in [-0.39, 0.29) is 24.2 Å². The van der Waals surface area contributed by atoms with Crippen LogP contribution in [0, 0.1) is 5.92 Å². The summed E-state index contributed by atoms with van der Waals surface area (Å²) in [7, 11) is 1.37. The van der Waals surface area contributed by atoms with Gasteiger partial charge in [-0.15, -0.1) is 0 Å². The zero-order valence-corrected chi connectivity index (χ0v) is 12.4. The van der Waals surface area contributed by atoms with E-state index in [4.69, 9.17) is 4.74 Å². The maximum absolute atomic E-state index is 11.8. The molecule has 1 aromatic rings. The minimum absolute atomic E-state index is 0.0562. The van der Waals surface area contributed by atoms with E-state index in [0.717, 1.165) is 11.5 Å². The molecule has 1 atom stereocenters. The first kappa shape index (κ1) is 14.9. The minimum Gasteiger partial charge on any atom is -0.469 e. The van der Waals surface area contributed by atoms with Gasteiger partial charge in [-0.2, -0.15) is 11.8 Å². The third kappa shape index (κ3) is 4.00. The molecule has 0 bridgehead atoms. The van der Waals surface area contributed by atoms with E-state index in [9.17, 15) is 9.59 Å². The summed E-state index contributed by atoms with van der Waals surface area (Å²) in [5.41, 5.74) is 1.29. The number of thioether (sulfide) groups is 1. The molecule has 0 aromatic heterocycles. The first-order valence-corrected chi connectivity index (χ1v) is 7.83. The lowest BCUT2D eigenvalue weighted by molar-refractivity contribution is -0.145. The SMILES string of the molecule is COC(=O)C1CC(=O)N(CCSCc2ccccc2)C1. The second kappa shape index (κ2) is 7.33. The predicted molar refractivity (Wildman–Crippen MR) is 79.3 cm³/mol. The first-order chi connectivity index (χ1) is 9.70. The number of likely N-dealkylation sites (tertiary alicyclic amines) is 1. The average molecular weight is 293 g/mol. The van der Waals surface area contributed by atoms with Gasteiger partial charge in [0.25, 0.3) is 0 Å². The highest BCUT2D eigenvalue weighted by molar-refractivity contribution is 7.98. The van der Waals surface area contributed by atoms with E-state index < -0.39 is 0 Å². The van der Waals surface area contributed by atoms with Gasteiger partial charge in [-0.3, -0.25) is 9.59 Å². The maximum atomic E-state index is 11.8. The van der Waals surface area contributed by atoms with Crippen molar-refractivity contribution in [1.82, 2.24) is 4.90 Å². The van der Waals surface area contributed by atoms with Crippen molar-refractivity contribution >= 4 is 23.6 Å². The van der Waals surface area contributed by atoms with Crippen molar-refractivity contribution in [3.05, 3.63) is 35.9 Å². The number of benzene rings is 1. The molecule has 1 amide bonds. The molecule has 4 nitrogen and oxygen atoms in total. The van der Waals surface area contributed by atoms with Crippen LogP contribution in [0.5, 0.6) is 0 Å². The van der Waals surface area contributed by atoms with E-state index in [2.05, 4.69) is 12.1 Å². The summed E-state index contributed by atoms with van der Waals surface area (Å²) in [5, 5.41) is 0. The lowest BCUT2D eigenvalue weighted by Crippen LogP contribution is -2.28. The zero-order valence-electron chi connectivity index (χ0n) is 11.6. The van der Waals surface area contributed by atoms with Crippen LogP contribution in [0.1, 0.15) is 12.0 Å². The number of methoxy groups -OCH3 is 1. The van der Waals surface area contributed by atoms with Crippen LogP contribution in [0.3, 0.4) is 0 Å². The van der Waals surface area contributed by atoms with Gasteiger partial charge in [-0.1, -0.05) is 30.3 Å². The lowest BCUT2D eigenvalue weighted by Gasteiger charge is -2.15. The van der Waals surface area contributed by atoms with Crippen LogP contribution >= 0.6 is 11.8 Å². The van der Waals surface area contributed by atoms with Crippen LogP contribution in [0.25, 0.3) is 0 Å². The molecule has 20 heavy (non-hydrogen) atoms. The number of amides is 1. The number of rotatable bonds is 6. The van der Waals surface area contributed by atoms with Crippen LogP contribution in [0.2, 0.25) is 0 Å². The van der Waals surface area contributed by atoms with Gasteiger partial charge in [0, 0.05) is 31.0 Å². The van der Waals surface area contributed by atoms with Crippen LogP contribution < -0.4 is 0 Å². The minimum atomic E-state index is -0.286. The van der Waals surface area contributed by atoms with Gasteiger partial charge in [0.1, 0.15) is 0 Å². The summed E-state index contributed by atoms with van der Waals surface area (Å²) in [6.45, 7) is 1.20. The number of ether oxygens (including phenoxy) is 1. The molecule has 2 rings (SSSR count). The Balaban J connectivity index is 1.69. The first-order valence-electron chi connectivity index (χ1n) is 6.68. The monoisotopic (exact) mass is 293 g/mol. The highest BCUT2D eigenvalue weighted by atomic mass is 32.2. The molecule has 1 aliphatic rings. The second-order valence-electron chi connectivity index (χ2n) is 4.80. The highest BCUT2D eigenvalue weighted by Gasteiger charge is 2.34. The molecule has 5 heteroatoms. The summed E-state index contributed by atoms with van der Waals surface area (Å²) >= 11 is 1.80. The fourth-order valence-electron chi connectivity index (χ4n) is 2.25. The summed E-state index contributed by atoms with van der Waals surface area (Å²) in [6.07, 6.45) is 0.288. The van der Waals surface area contributed by atoms with Crippen molar-refractivity contribution in [2.45, 2.75) is 12.2 Å². The summed E-state index contributed by atoms with van der Waals surface area (Å²) in [6, 6.07) is 10.3. The van der Waals surface area contributed by atoms with Crippen LogP contribution in [-0.4, -0.2) is 42.7 Å². The van der Waals surface area contributed by atoms with Crippen molar-refractivity contribution in [2.75, 3.05) is 26.0 Å². The third-order valence-electron chi connectivity index (χ3n) is 3.37. The van der Waals surface area contributed by atoms with Crippen molar-refractivity contribution in [2.24, 2.45) is 5.92 Å². The smallest absolute Gasteiger partial charge is 0.310 e. The highest BCUT2D eigenvalue weighted by Crippen LogP contribution is 2.20. The fraction of sp³-hybridized carbons (Fsp3) is 0.467. The molecule has 0 aliphatic carbocycles. The van der Waals surface area contributed by atoms with Crippen LogP contribution in [-0.2, 0) is 20.1 Å². The molecule has 0 spiro atoms. The Morgan fingerprint density at radius 2 is 2.15 bits per heavy atom. The normalized spacial score (nSPS) is 18.4. The van der Waals surface area contributed by atoms with E-state index >= 15 is 0 Å². The number of carbonyl (C=O) groups excluding carboxylic acids is 2. The number of carbonyl (C=O) groups is 2. The summed E-state index contributed by atoms with van der Waals surface area (Å²) < 4.78 is 4.69. The summed E-state index contributed by atoms with van der Waals surface area (Å²) in [5.74, 6) is 1.32. The number of hydrogen-bond acceptors (Lipinski definition) is 4. The largest absolute Gasteiger partial charge is 0.469 e. The van der Waals surface area contributed by atoms with Crippen molar-refractivity contribution < 1.29 is 14.3 Å². The Labute approximate surface area is 123 Å². The molecule has 0 N–H and O–H groups in total. The predicted octanol–water partition coefficient (Wildman–Crippen LogP) is 1.94. The average Bonchev–Trinajstić information content (AvgIpc) is 2.85. The van der Waals surface area contributed by atoms with Crippen LogP contribution in [0.4, 0.5) is 0 Å². The van der Waals surface area contributed by atoms with Gasteiger partial charge in [-0.25, -0.2) is 0 Å². The van der Waals surface area contributed by atoms with Gasteiger partial charge in [-0.05, 0) is 5.56 Å². The molecule has 0 saturated carbocycles. The standard InChI is InChI=1S/C15H19NO3S/c1-19-15(18)13-9-14(17)16(10-13)7-8-20-11-12-5-3-2-4-6-12/h2-6,13H,7-11H2,1H3. The number of esters is 1. The van der Waals surface area contributed by atoms with Gasteiger partial charge >= 0.3 is 5.97 Å². The summed E-state index contributed by atoms with van der Waals surface area (Å²) in [4.78, 5) is 25.0. The van der Waals surface area contributed by atoms with E-state index in [1.807, 2.05) is 18.2 Å². The van der Waals surface area contributed by atoms with E-state index in [1.165, 1.54) is 12.7 Å². The fourth-order valence-corrected chi connectivity index (χ4v) is 3.17. The van der Waals surface area contributed by atoms with Crippen molar-refractivity contribution in [3.63, 3.8) is 0 Å². The molecule has 1 aromatic carbocycles. The number of nitrogens with zero attached hydrogens (tertiary/aromatic N) is 1. The van der Waals surface area contributed by atoms with Gasteiger partial charge in [0.2, 0.25) is 5.91 Å². The Hall–Kier alpha value is -1.49. The van der Waals surface area contributed by atoms with Gasteiger partial charge < -0.3 is 9.64 Å². The second-order valence-corrected chi connectivity index (χ2v) is 5.91. The van der Waals surface area contributed by atoms with Gasteiger partial charge in [0.05, 0.1) is 13.0 Å². The zero-order chi connectivity index (χ0) is 14.4. The lowest BCUT2D eigenvalue weighted by atomic mass is 10.1. The topological polar surface area (TPSA) is 46.6 Å². The Morgan fingerprint density at radius 3 is 2.85 bits per heavy atom. The Morgan fingerprint density at radius 1 is 1.40 bits per heavy atom. The molecular formula is C15H19NO3S. The Kier molecular flexibility index (Phi) is 5.47.